The number of halogens is 1. The molecule has 1 amide bonds. The van der Waals surface area contributed by atoms with Gasteiger partial charge >= 0.3 is 0 Å². The highest BCUT2D eigenvalue weighted by atomic mass is 19.1. The van der Waals surface area contributed by atoms with E-state index >= 15 is 4.39 Å². The Morgan fingerprint density at radius 3 is 2.48 bits per heavy atom. The van der Waals surface area contributed by atoms with E-state index in [2.05, 4.69) is 25.3 Å². The van der Waals surface area contributed by atoms with Gasteiger partial charge in [0.2, 0.25) is 0 Å². The summed E-state index contributed by atoms with van der Waals surface area (Å²) in [6, 6.07) is 0.323. The van der Waals surface area contributed by atoms with Gasteiger partial charge < -0.3 is 26.2 Å². The van der Waals surface area contributed by atoms with E-state index in [1.54, 1.807) is 19.0 Å². The number of phenols is 1. The van der Waals surface area contributed by atoms with Crippen LogP contribution in [0.1, 0.15) is 62.6 Å². The van der Waals surface area contributed by atoms with Crippen molar-refractivity contribution in [3.05, 3.63) is 58.1 Å². The monoisotopic (exact) mass is 583 g/mol. The summed E-state index contributed by atoms with van der Waals surface area (Å²) < 4.78 is 16.3. The number of benzene rings is 1. The Bertz CT molecular complexity index is 1420. The highest BCUT2D eigenvalue weighted by molar-refractivity contribution is 6.09. The lowest BCUT2D eigenvalue weighted by Crippen LogP contribution is -2.59. The van der Waals surface area contributed by atoms with Crippen LogP contribution in [0.25, 0.3) is 5.76 Å². The second-order valence-corrected chi connectivity index (χ2v) is 13.9. The zero-order valence-electron chi connectivity index (χ0n) is 24.8. The summed E-state index contributed by atoms with van der Waals surface area (Å²) in [6.45, 7) is 10.2. The number of ketones is 1. The second kappa shape index (κ2) is 10.2. The predicted octanol–water partition coefficient (Wildman–Crippen LogP) is 3.49. The topological polar surface area (TPSA) is 148 Å². The summed E-state index contributed by atoms with van der Waals surface area (Å²) in [5.41, 5.74) is 2.86. The maximum atomic E-state index is 16.3. The van der Waals surface area contributed by atoms with Crippen LogP contribution in [0.2, 0.25) is 0 Å². The Morgan fingerprint density at radius 2 is 1.88 bits per heavy atom. The molecule has 0 radical (unpaired) electrons. The van der Waals surface area contributed by atoms with Crippen LogP contribution in [0.3, 0.4) is 0 Å². The number of aliphatic hydroxyl groups excluding tert-OH is 2. The molecule has 10 heteroatoms. The number of nitrogens with two attached hydrogens (primary N) is 1. The van der Waals surface area contributed by atoms with Crippen molar-refractivity contribution in [3.63, 3.8) is 0 Å². The molecule has 1 spiro atoms. The standard InChI is InChI=1S/C32H42FN3O6/c1-17-24(29(34)41)28(40)27(35(4)5)20-8-6-7-19-25(22(38)12-23(39)32(17,20)42)21(37)11-18(26(19)33)13-36-15-30(2,3)14-31(16-36)9-10-31/h11-12,20,27,37-38,40,42H,1,6-10,13-16H2,2-5H3,(H2,34,41)/t20-,27-,32-/m0/s1. The lowest BCUT2D eigenvalue weighted by Gasteiger charge is -2.46. The number of primary amides is 1. The Morgan fingerprint density at radius 1 is 1.21 bits per heavy atom. The van der Waals surface area contributed by atoms with Gasteiger partial charge in [-0.25, -0.2) is 4.39 Å². The molecule has 1 saturated heterocycles. The Kier molecular flexibility index (Phi) is 7.35. The summed E-state index contributed by atoms with van der Waals surface area (Å²) in [4.78, 5) is 29.8. The first-order chi connectivity index (χ1) is 19.5. The van der Waals surface area contributed by atoms with Crippen molar-refractivity contribution in [2.24, 2.45) is 22.5 Å². The molecule has 6 N–H and O–H groups in total. The third kappa shape index (κ3) is 4.93. The number of rotatable bonds is 4. The molecule has 1 aromatic carbocycles. The average molecular weight is 584 g/mol. The van der Waals surface area contributed by atoms with E-state index in [0.29, 0.717) is 12.1 Å². The molecule has 0 bridgehead atoms. The number of phenolic OH excluding ortho intramolecular Hbond substituents is 1. The summed E-state index contributed by atoms with van der Waals surface area (Å²) >= 11 is 0. The molecule has 1 saturated carbocycles. The quantitative estimate of drug-likeness (QED) is 0.362. The largest absolute Gasteiger partial charge is 0.510 e. The van der Waals surface area contributed by atoms with Crippen molar-refractivity contribution in [1.29, 1.82) is 0 Å². The van der Waals surface area contributed by atoms with Crippen LogP contribution in [-0.4, -0.2) is 80.7 Å². The van der Waals surface area contributed by atoms with Crippen molar-refractivity contribution >= 4 is 17.4 Å². The molecule has 1 aromatic rings. The highest BCUT2D eigenvalue weighted by Gasteiger charge is 2.56. The minimum absolute atomic E-state index is 0.0798. The number of likely N-dealkylation sites (N-methyl/N-ethyl adjacent to an activating group) is 1. The number of aliphatic hydroxyl groups is 3. The van der Waals surface area contributed by atoms with Crippen molar-refractivity contribution in [1.82, 2.24) is 9.80 Å². The van der Waals surface area contributed by atoms with Gasteiger partial charge in [-0.3, -0.25) is 19.4 Å². The third-order valence-corrected chi connectivity index (χ3v) is 9.69. The molecule has 9 nitrogen and oxygen atoms in total. The van der Waals surface area contributed by atoms with Gasteiger partial charge in [0, 0.05) is 48.3 Å². The van der Waals surface area contributed by atoms with Gasteiger partial charge in [-0.05, 0) is 69.5 Å². The number of fused-ring (bicyclic) bond motifs is 2. The molecule has 0 aromatic heterocycles. The fourth-order valence-electron chi connectivity index (χ4n) is 8.04. The summed E-state index contributed by atoms with van der Waals surface area (Å²) in [5, 5.41) is 45.1. The minimum Gasteiger partial charge on any atom is -0.510 e. The van der Waals surface area contributed by atoms with Gasteiger partial charge in [-0.1, -0.05) is 20.4 Å². The molecule has 228 valence electrons. The first-order valence-electron chi connectivity index (χ1n) is 14.5. The molecule has 1 aliphatic heterocycles. The van der Waals surface area contributed by atoms with E-state index in [4.69, 9.17) is 5.73 Å². The van der Waals surface area contributed by atoms with E-state index in [1.807, 2.05) is 0 Å². The van der Waals surface area contributed by atoms with E-state index in [-0.39, 0.29) is 52.5 Å². The Balaban J connectivity index is 1.56. The maximum absolute atomic E-state index is 16.3. The van der Waals surface area contributed by atoms with Crippen LogP contribution in [0.15, 0.2) is 35.6 Å². The summed E-state index contributed by atoms with van der Waals surface area (Å²) in [7, 11) is 3.25. The van der Waals surface area contributed by atoms with Crippen LogP contribution in [-0.2, 0) is 22.6 Å². The van der Waals surface area contributed by atoms with E-state index in [0.717, 1.165) is 38.4 Å². The molecule has 42 heavy (non-hydrogen) atoms. The van der Waals surface area contributed by atoms with E-state index in [9.17, 15) is 30.0 Å². The number of nitrogens with zero attached hydrogens (tertiary/aromatic N) is 2. The van der Waals surface area contributed by atoms with Gasteiger partial charge in [0.1, 0.15) is 23.1 Å². The number of carbonyl (C=O) groups excluding carboxylic acids is 2. The van der Waals surface area contributed by atoms with Crippen molar-refractivity contribution in [3.8, 4) is 5.75 Å². The maximum Gasteiger partial charge on any atom is 0.252 e. The molecule has 0 unspecified atom stereocenters. The number of likely N-dealkylation sites (tertiary alicyclic amines) is 1. The van der Waals surface area contributed by atoms with Crippen molar-refractivity contribution in [2.45, 2.75) is 70.6 Å². The number of aromatic hydroxyl groups is 1. The van der Waals surface area contributed by atoms with Gasteiger partial charge in [0.25, 0.3) is 5.91 Å². The third-order valence-electron chi connectivity index (χ3n) is 9.69. The van der Waals surface area contributed by atoms with Crippen LogP contribution in [0.4, 0.5) is 4.39 Å². The van der Waals surface area contributed by atoms with Crippen LogP contribution in [0.5, 0.6) is 5.75 Å². The van der Waals surface area contributed by atoms with Gasteiger partial charge in [-0.15, -0.1) is 0 Å². The number of piperidine rings is 1. The number of hydrogen-bond donors (Lipinski definition) is 5. The Labute approximate surface area is 245 Å². The summed E-state index contributed by atoms with van der Waals surface area (Å²) in [6.07, 6.45) is 4.64. The highest BCUT2D eigenvalue weighted by Crippen LogP contribution is 2.56. The van der Waals surface area contributed by atoms with Crippen molar-refractivity contribution in [2.75, 3.05) is 27.2 Å². The first kappa shape index (κ1) is 30.3. The van der Waals surface area contributed by atoms with Crippen LogP contribution in [0, 0.1) is 22.6 Å². The van der Waals surface area contributed by atoms with Crippen molar-refractivity contribution < 1.29 is 34.4 Å². The van der Waals surface area contributed by atoms with Gasteiger partial charge in [0.05, 0.1) is 17.2 Å². The zero-order chi connectivity index (χ0) is 30.9. The SMILES string of the molecule is C=C1C(C(N)=O)=C(O)[C@@H](N(C)C)[C@@H]2CCCc3c(F)c(CN4CC(C)(C)CC5(CC5)C4)cc(O)c3C(O)=CC(=O)[C@]12O. The lowest BCUT2D eigenvalue weighted by molar-refractivity contribution is -0.137. The average Bonchev–Trinajstić information content (AvgIpc) is 3.59. The number of amides is 1. The molecular formula is C32H42FN3O6. The van der Waals surface area contributed by atoms with Gasteiger partial charge in [-0.2, -0.15) is 0 Å². The molecule has 3 aliphatic carbocycles. The predicted molar refractivity (Wildman–Crippen MR) is 156 cm³/mol. The molecule has 4 aliphatic rings. The lowest BCUT2D eigenvalue weighted by atomic mass is 9.64. The van der Waals surface area contributed by atoms with Crippen LogP contribution >= 0.6 is 0 Å². The normalized spacial score (nSPS) is 29.3. The van der Waals surface area contributed by atoms with E-state index in [1.165, 1.54) is 6.07 Å². The van der Waals surface area contributed by atoms with Gasteiger partial charge in [0.15, 0.2) is 11.4 Å². The molecule has 3 atom stereocenters. The molecular weight excluding hydrogens is 541 g/mol. The second-order valence-electron chi connectivity index (χ2n) is 13.9. The zero-order valence-corrected chi connectivity index (χ0v) is 24.8. The Hall–Kier alpha value is -3.21. The fourth-order valence-corrected chi connectivity index (χ4v) is 8.04. The first-order valence-corrected chi connectivity index (χ1v) is 14.5. The smallest absolute Gasteiger partial charge is 0.252 e. The summed E-state index contributed by atoms with van der Waals surface area (Å²) in [5.74, 6) is -5.10. The van der Waals surface area contributed by atoms with Crippen LogP contribution < -0.4 is 5.73 Å². The number of hydrogen-bond acceptors (Lipinski definition) is 8. The number of carbonyl (C=O) groups is 2. The molecule has 2 fully saturated rings. The molecule has 5 rings (SSSR count). The fraction of sp³-hybridized carbons (Fsp3) is 0.562. The minimum atomic E-state index is -2.40. The van der Waals surface area contributed by atoms with E-state index < -0.39 is 52.2 Å². The molecule has 1 heterocycles.